The number of allylic oxidation sites excluding steroid dienone is 1. The van der Waals surface area contributed by atoms with Gasteiger partial charge in [-0.3, -0.25) is 9.69 Å². The first kappa shape index (κ1) is 15.4. The molecule has 0 aromatic carbocycles. The van der Waals surface area contributed by atoms with Gasteiger partial charge in [0.05, 0.1) is 6.33 Å². The van der Waals surface area contributed by atoms with Crippen molar-refractivity contribution in [3.05, 3.63) is 30.9 Å². The van der Waals surface area contributed by atoms with Crippen molar-refractivity contribution in [2.75, 3.05) is 13.6 Å². The summed E-state index contributed by atoms with van der Waals surface area (Å²) in [5.41, 5.74) is -0.0150. The lowest BCUT2D eigenvalue weighted by molar-refractivity contribution is -0.140. The first-order chi connectivity index (χ1) is 8.79. The molecule has 19 heavy (non-hydrogen) atoms. The Morgan fingerprint density at radius 1 is 1.53 bits per heavy atom. The van der Waals surface area contributed by atoms with E-state index in [1.165, 1.54) is 0 Å². The number of imidazole rings is 1. The summed E-state index contributed by atoms with van der Waals surface area (Å²) in [4.78, 5) is 17.1. The van der Waals surface area contributed by atoms with E-state index in [0.717, 1.165) is 6.54 Å². The minimum Gasteiger partial charge on any atom is -0.480 e. The van der Waals surface area contributed by atoms with Gasteiger partial charge in [-0.15, -0.1) is 0 Å². The van der Waals surface area contributed by atoms with Gasteiger partial charge in [0, 0.05) is 25.5 Å². The van der Waals surface area contributed by atoms with E-state index >= 15 is 0 Å². The summed E-state index contributed by atoms with van der Waals surface area (Å²) in [6.07, 6.45) is 9.02. The molecule has 0 aliphatic heterocycles. The second-order valence-corrected chi connectivity index (χ2v) is 5.79. The van der Waals surface area contributed by atoms with Crippen LogP contribution in [0.4, 0.5) is 0 Å². The summed E-state index contributed by atoms with van der Waals surface area (Å²) in [5, 5.41) is 9.29. The Labute approximate surface area is 114 Å². The Bertz CT molecular complexity index is 418. The molecule has 0 amide bonds. The zero-order valence-corrected chi connectivity index (χ0v) is 12.1. The number of nitrogens with zero attached hydrogens (tertiary/aromatic N) is 3. The van der Waals surface area contributed by atoms with Crippen LogP contribution in [0.3, 0.4) is 0 Å². The van der Waals surface area contributed by atoms with Crippen molar-refractivity contribution in [3.8, 4) is 0 Å². The van der Waals surface area contributed by atoms with Crippen molar-refractivity contribution in [2.45, 2.75) is 33.4 Å². The predicted molar refractivity (Wildman–Crippen MR) is 74.9 cm³/mol. The Balaban J connectivity index is 2.60. The summed E-state index contributed by atoms with van der Waals surface area (Å²) >= 11 is 0. The van der Waals surface area contributed by atoms with Crippen LogP contribution < -0.4 is 0 Å². The summed E-state index contributed by atoms with van der Waals surface area (Å²) in [5.74, 6) is -0.825. The van der Waals surface area contributed by atoms with Gasteiger partial charge in [-0.25, -0.2) is 4.98 Å². The summed E-state index contributed by atoms with van der Waals surface area (Å²) in [6.45, 7) is 7.53. The van der Waals surface area contributed by atoms with Crippen LogP contribution in [-0.2, 0) is 11.3 Å². The number of hydrogen-bond donors (Lipinski definition) is 1. The quantitative estimate of drug-likeness (QED) is 0.798. The van der Waals surface area contributed by atoms with Gasteiger partial charge in [-0.2, -0.15) is 0 Å². The molecule has 1 atom stereocenters. The van der Waals surface area contributed by atoms with E-state index < -0.39 is 12.0 Å². The Kier molecular flexibility index (Phi) is 5.30. The highest BCUT2D eigenvalue weighted by Crippen LogP contribution is 2.15. The summed E-state index contributed by atoms with van der Waals surface area (Å²) in [6, 6.07) is -0.595. The molecule has 0 saturated carbocycles. The maximum absolute atomic E-state index is 11.3. The van der Waals surface area contributed by atoms with Crippen LogP contribution in [0.5, 0.6) is 0 Å². The number of carboxylic acids is 1. The lowest BCUT2D eigenvalue weighted by atomic mass is 9.95. The summed E-state index contributed by atoms with van der Waals surface area (Å²) in [7, 11) is 1.82. The third-order valence-electron chi connectivity index (χ3n) is 2.78. The molecule has 0 spiro atoms. The number of aromatic nitrogens is 2. The van der Waals surface area contributed by atoms with Crippen LogP contribution in [0.1, 0.15) is 20.8 Å². The smallest absolute Gasteiger partial charge is 0.324 e. The molecule has 5 heteroatoms. The molecule has 0 bridgehead atoms. The molecule has 5 nitrogen and oxygen atoms in total. The maximum atomic E-state index is 11.3. The van der Waals surface area contributed by atoms with Crippen LogP contribution in [-0.4, -0.2) is 45.2 Å². The van der Waals surface area contributed by atoms with Gasteiger partial charge in [0.1, 0.15) is 6.04 Å². The molecular formula is C14H23N3O2. The molecule has 0 aliphatic carbocycles. The Morgan fingerprint density at radius 3 is 2.68 bits per heavy atom. The lowest BCUT2D eigenvalue weighted by Gasteiger charge is -2.23. The minimum atomic E-state index is -0.825. The predicted octanol–water partition coefficient (Wildman–Crippen LogP) is 1.87. The molecule has 0 aliphatic rings. The molecule has 1 aromatic heterocycles. The number of aliphatic carboxylic acids is 1. The zero-order valence-electron chi connectivity index (χ0n) is 12.1. The van der Waals surface area contributed by atoms with E-state index in [4.69, 9.17) is 0 Å². The topological polar surface area (TPSA) is 58.4 Å². The second-order valence-electron chi connectivity index (χ2n) is 5.79. The lowest BCUT2D eigenvalue weighted by Crippen LogP contribution is -2.38. The van der Waals surface area contributed by atoms with Crippen LogP contribution >= 0.6 is 0 Å². The number of rotatable bonds is 6. The van der Waals surface area contributed by atoms with Crippen LogP contribution in [0.15, 0.2) is 30.9 Å². The average molecular weight is 265 g/mol. The molecular weight excluding hydrogens is 242 g/mol. The first-order valence-electron chi connectivity index (χ1n) is 6.38. The van der Waals surface area contributed by atoms with Crippen molar-refractivity contribution in [3.63, 3.8) is 0 Å². The van der Waals surface area contributed by atoms with Gasteiger partial charge < -0.3 is 9.67 Å². The highest BCUT2D eigenvalue weighted by Gasteiger charge is 2.20. The van der Waals surface area contributed by atoms with E-state index in [2.05, 4.69) is 4.98 Å². The van der Waals surface area contributed by atoms with E-state index in [0.29, 0.717) is 6.54 Å². The van der Waals surface area contributed by atoms with Gasteiger partial charge >= 0.3 is 5.97 Å². The van der Waals surface area contributed by atoms with Crippen molar-refractivity contribution < 1.29 is 9.90 Å². The van der Waals surface area contributed by atoms with E-state index in [1.807, 2.05) is 49.6 Å². The molecule has 1 N–H and O–H groups in total. The zero-order chi connectivity index (χ0) is 14.5. The maximum Gasteiger partial charge on any atom is 0.324 e. The Morgan fingerprint density at radius 2 is 2.21 bits per heavy atom. The van der Waals surface area contributed by atoms with Crippen molar-refractivity contribution in [1.29, 1.82) is 0 Å². The van der Waals surface area contributed by atoms with E-state index in [-0.39, 0.29) is 5.41 Å². The molecule has 0 saturated heterocycles. The van der Waals surface area contributed by atoms with Crippen LogP contribution in [0.2, 0.25) is 0 Å². The number of hydrogen-bond acceptors (Lipinski definition) is 3. The number of carboxylic acid groups (broad SMARTS) is 1. The van der Waals surface area contributed by atoms with Crippen molar-refractivity contribution in [1.82, 2.24) is 14.5 Å². The Hall–Kier alpha value is -1.62. The molecule has 1 heterocycles. The third kappa shape index (κ3) is 5.70. The average Bonchev–Trinajstić information content (AvgIpc) is 2.77. The van der Waals surface area contributed by atoms with Gasteiger partial charge in [0.2, 0.25) is 0 Å². The van der Waals surface area contributed by atoms with E-state index in [1.54, 1.807) is 18.6 Å². The van der Waals surface area contributed by atoms with Crippen molar-refractivity contribution >= 4 is 5.97 Å². The van der Waals surface area contributed by atoms with Gasteiger partial charge in [0.15, 0.2) is 0 Å². The summed E-state index contributed by atoms with van der Waals surface area (Å²) < 4.78 is 1.93. The van der Waals surface area contributed by atoms with E-state index in [9.17, 15) is 9.90 Å². The fraction of sp³-hybridized carbons (Fsp3) is 0.571. The molecule has 106 valence electrons. The molecule has 0 fully saturated rings. The highest BCUT2D eigenvalue weighted by molar-refractivity contribution is 5.75. The van der Waals surface area contributed by atoms with Crippen LogP contribution in [0.25, 0.3) is 0 Å². The SMILES string of the molecule is CN(CCn1ccnc1)[C@H](/C=C/C(C)(C)C)C(=O)O. The monoisotopic (exact) mass is 265 g/mol. The molecule has 0 radical (unpaired) electrons. The normalized spacial score (nSPS) is 14.2. The van der Waals surface area contributed by atoms with Gasteiger partial charge in [-0.1, -0.05) is 32.9 Å². The molecule has 1 rings (SSSR count). The third-order valence-corrected chi connectivity index (χ3v) is 2.78. The number of carbonyl (C=O) groups is 1. The molecule has 1 aromatic rings. The second kappa shape index (κ2) is 6.52. The van der Waals surface area contributed by atoms with Crippen LogP contribution in [0, 0.1) is 5.41 Å². The number of likely N-dealkylation sites (N-methyl/N-ethyl adjacent to an activating group) is 1. The van der Waals surface area contributed by atoms with Gasteiger partial charge in [-0.05, 0) is 12.5 Å². The van der Waals surface area contributed by atoms with Crippen molar-refractivity contribution in [2.24, 2.45) is 5.41 Å². The standard InChI is InChI=1S/C14H23N3O2/c1-14(2,3)6-5-12(13(18)19)16(4)9-10-17-8-7-15-11-17/h5-8,11-12H,9-10H2,1-4H3,(H,18,19)/b6-5+/t12-/m1/s1. The fourth-order valence-electron chi connectivity index (χ4n) is 1.63. The largest absolute Gasteiger partial charge is 0.480 e. The fourth-order valence-corrected chi connectivity index (χ4v) is 1.63. The first-order valence-corrected chi connectivity index (χ1v) is 6.38. The van der Waals surface area contributed by atoms with Gasteiger partial charge in [0.25, 0.3) is 0 Å². The highest BCUT2D eigenvalue weighted by atomic mass is 16.4. The minimum absolute atomic E-state index is 0.0150. The molecule has 0 unspecified atom stereocenters.